The SMILES string of the molecule is CCOC(=O)C1=C(C)NC2=C(C(=O)CC(c3ccccc3OC)C2)C1c1cc(OC)c(OC)c(OC)c1. The topological polar surface area (TPSA) is 92.3 Å². The minimum absolute atomic E-state index is 0.0438. The number of carbonyl (C=O) groups excluding carboxylic acids is 2. The Labute approximate surface area is 217 Å². The van der Waals surface area contributed by atoms with Crippen LogP contribution in [0.3, 0.4) is 0 Å². The predicted octanol–water partition coefficient (Wildman–Crippen LogP) is 4.65. The number of hydrogen-bond acceptors (Lipinski definition) is 8. The van der Waals surface area contributed by atoms with Crippen LogP contribution >= 0.6 is 0 Å². The Balaban J connectivity index is 1.89. The maximum Gasteiger partial charge on any atom is 0.336 e. The molecular formula is C29H33NO7. The molecule has 2 atom stereocenters. The minimum atomic E-state index is -0.657. The second-order valence-electron chi connectivity index (χ2n) is 8.94. The van der Waals surface area contributed by atoms with E-state index in [4.69, 9.17) is 23.7 Å². The second-order valence-corrected chi connectivity index (χ2v) is 8.94. The molecule has 196 valence electrons. The molecule has 1 aliphatic carbocycles. The van der Waals surface area contributed by atoms with E-state index in [0.717, 1.165) is 17.0 Å². The lowest BCUT2D eigenvalue weighted by molar-refractivity contribution is -0.138. The summed E-state index contributed by atoms with van der Waals surface area (Å²) in [5.74, 6) is 0.821. The van der Waals surface area contributed by atoms with Crippen molar-refractivity contribution in [1.82, 2.24) is 5.32 Å². The van der Waals surface area contributed by atoms with E-state index in [1.54, 1.807) is 26.2 Å². The van der Waals surface area contributed by atoms with Crippen LogP contribution in [-0.4, -0.2) is 46.8 Å². The molecule has 2 unspecified atom stereocenters. The van der Waals surface area contributed by atoms with Crippen molar-refractivity contribution in [2.75, 3.05) is 35.0 Å². The van der Waals surface area contributed by atoms with Crippen LogP contribution in [0, 0.1) is 0 Å². The number of hydrogen-bond donors (Lipinski definition) is 1. The molecule has 0 aromatic heterocycles. The van der Waals surface area contributed by atoms with E-state index in [2.05, 4.69) is 5.32 Å². The highest BCUT2D eigenvalue weighted by molar-refractivity contribution is 6.04. The molecule has 0 bridgehead atoms. The van der Waals surface area contributed by atoms with E-state index in [-0.39, 0.29) is 24.7 Å². The van der Waals surface area contributed by atoms with Gasteiger partial charge in [0, 0.05) is 35.2 Å². The highest BCUT2D eigenvalue weighted by Crippen LogP contribution is 2.49. The third-order valence-electron chi connectivity index (χ3n) is 6.92. The molecule has 8 heteroatoms. The number of esters is 1. The Bertz CT molecular complexity index is 1250. The van der Waals surface area contributed by atoms with Gasteiger partial charge in [0.1, 0.15) is 5.75 Å². The Hall–Kier alpha value is -3.94. The summed E-state index contributed by atoms with van der Waals surface area (Å²) < 4.78 is 27.6. The molecule has 0 radical (unpaired) electrons. The van der Waals surface area contributed by atoms with Gasteiger partial charge in [-0.05, 0) is 49.6 Å². The van der Waals surface area contributed by atoms with Crippen molar-refractivity contribution in [3.63, 3.8) is 0 Å². The van der Waals surface area contributed by atoms with Crippen molar-refractivity contribution in [1.29, 1.82) is 0 Å². The normalized spacial score (nSPS) is 19.1. The van der Waals surface area contributed by atoms with Gasteiger partial charge in [-0.3, -0.25) is 4.79 Å². The summed E-state index contributed by atoms with van der Waals surface area (Å²) >= 11 is 0. The number of nitrogens with one attached hydrogen (secondary N) is 1. The van der Waals surface area contributed by atoms with Crippen LogP contribution in [0.25, 0.3) is 0 Å². The maximum atomic E-state index is 13.9. The number of Topliss-reactive ketones (excluding diaryl/α,β-unsaturated/α-hetero) is 1. The zero-order chi connectivity index (χ0) is 26.7. The Morgan fingerprint density at radius 2 is 1.59 bits per heavy atom. The lowest BCUT2D eigenvalue weighted by atomic mass is 9.71. The minimum Gasteiger partial charge on any atom is -0.496 e. The van der Waals surface area contributed by atoms with Crippen molar-refractivity contribution in [2.45, 2.75) is 38.5 Å². The number of ether oxygens (including phenoxy) is 5. The number of ketones is 1. The number of allylic oxidation sites excluding steroid dienone is 3. The van der Waals surface area contributed by atoms with Crippen LogP contribution in [0.4, 0.5) is 0 Å². The van der Waals surface area contributed by atoms with Gasteiger partial charge in [-0.1, -0.05) is 18.2 Å². The first-order chi connectivity index (χ1) is 17.9. The smallest absolute Gasteiger partial charge is 0.336 e. The monoisotopic (exact) mass is 507 g/mol. The molecule has 8 nitrogen and oxygen atoms in total. The molecule has 1 N–H and O–H groups in total. The Kier molecular flexibility index (Phi) is 7.76. The van der Waals surface area contributed by atoms with Crippen molar-refractivity contribution in [3.8, 4) is 23.0 Å². The Morgan fingerprint density at radius 1 is 0.946 bits per heavy atom. The van der Waals surface area contributed by atoms with E-state index >= 15 is 0 Å². The number of benzene rings is 2. The summed E-state index contributed by atoms with van der Waals surface area (Å²) in [6, 6.07) is 11.3. The van der Waals surface area contributed by atoms with Crippen LogP contribution in [0.2, 0.25) is 0 Å². The first-order valence-corrected chi connectivity index (χ1v) is 12.2. The summed E-state index contributed by atoms with van der Waals surface area (Å²) in [5.41, 5.74) is 4.03. The van der Waals surface area contributed by atoms with Crippen LogP contribution in [0.5, 0.6) is 23.0 Å². The molecule has 2 aliphatic rings. The maximum absolute atomic E-state index is 13.9. The molecule has 4 rings (SSSR count). The summed E-state index contributed by atoms with van der Waals surface area (Å²) in [6.45, 7) is 3.80. The van der Waals surface area contributed by atoms with Gasteiger partial charge >= 0.3 is 5.97 Å². The highest BCUT2D eigenvalue weighted by Gasteiger charge is 2.42. The molecule has 2 aromatic carbocycles. The van der Waals surface area contributed by atoms with Gasteiger partial charge in [-0.2, -0.15) is 0 Å². The Morgan fingerprint density at radius 3 is 2.19 bits per heavy atom. The second kappa shape index (κ2) is 11.0. The van der Waals surface area contributed by atoms with Crippen LogP contribution in [0.1, 0.15) is 49.7 Å². The number of methoxy groups -OCH3 is 4. The van der Waals surface area contributed by atoms with E-state index < -0.39 is 11.9 Å². The van der Waals surface area contributed by atoms with Crippen LogP contribution in [0.15, 0.2) is 58.9 Å². The fraction of sp³-hybridized carbons (Fsp3) is 0.379. The molecule has 1 heterocycles. The standard InChI is InChI=1S/C29H33NO7/c1-7-37-29(32)25-16(2)30-20-12-17(19-10-8-9-11-22(19)33-3)13-21(31)27(20)26(25)18-14-23(34-4)28(36-6)24(15-18)35-5/h8-11,14-15,17,26,30H,7,12-13H2,1-6H3. The molecule has 37 heavy (non-hydrogen) atoms. The van der Waals surface area contributed by atoms with Gasteiger partial charge in [0.2, 0.25) is 5.75 Å². The molecule has 2 aromatic rings. The van der Waals surface area contributed by atoms with Crippen molar-refractivity contribution in [2.24, 2.45) is 0 Å². The quantitative estimate of drug-likeness (QED) is 0.517. The van der Waals surface area contributed by atoms with Crippen molar-refractivity contribution >= 4 is 11.8 Å². The van der Waals surface area contributed by atoms with Crippen LogP contribution in [-0.2, 0) is 14.3 Å². The van der Waals surface area contributed by atoms with Gasteiger partial charge in [0.05, 0.1) is 40.6 Å². The molecule has 0 saturated heterocycles. The third kappa shape index (κ3) is 4.75. The molecule has 0 saturated carbocycles. The summed E-state index contributed by atoms with van der Waals surface area (Å²) in [4.78, 5) is 27.1. The van der Waals surface area contributed by atoms with Gasteiger partial charge in [0.15, 0.2) is 17.3 Å². The van der Waals surface area contributed by atoms with E-state index in [1.807, 2.05) is 31.2 Å². The summed E-state index contributed by atoms with van der Waals surface area (Å²) in [7, 11) is 6.23. The zero-order valence-corrected chi connectivity index (χ0v) is 22.1. The molecule has 0 amide bonds. The van der Waals surface area contributed by atoms with E-state index in [0.29, 0.717) is 46.1 Å². The number of para-hydroxylation sites is 1. The van der Waals surface area contributed by atoms with E-state index in [1.165, 1.54) is 21.3 Å². The third-order valence-corrected chi connectivity index (χ3v) is 6.92. The van der Waals surface area contributed by atoms with Crippen molar-refractivity contribution < 1.29 is 33.3 Å². The highest BCUT2D eigenvalue weighted by atomic mass is 16.5. The first kappa shape index (κ1) is 26.1. The van der Waals surface area contributed by atoms with Crippen LogP contribution < -0.4 is 24.3 Å². The summed E-state index contributed by atoms with van der Waals surface area (Å²) in [5, 5.41) is 3.36. The largest absolute Gasteiger partial charge is 0.496 e. The molecule has 1 aliphatic heterocycles. The lowest BCUT2D eigenvalue weighted by Gasteiger charge is -2.37. The predicted molar refractivity (Wildman–Crippen MR) is 138 cm³/mol. The molecular weight excluding hydrogens is 474 g/mol. The van der Waals surface area contributed by atoms with Gasteiger partial charge in [-0.25, -0.2) is 4.79 Å². The zero-order valence-electron chi connectivity index (χ0n) is 22.1. The average Bonchev–Trinajstić information content (AvgIpc) is 2.91. The van der Waals surface area contributed by atoms with Gasteiger partial charge in [-0.15, -0.1) is 0 Å². The van der Waals surface area contributed by atoms with Crippen molar-refractivity contribution in [3.05, 3.63) is 70.1 Å². The number of carbonyl (C=O) groups is 2. The summed E-state index contributed by atoms with van der Waals surface area (Å²) in [6.07, 6.45) is 0.882. The lowest BCUT2D eigenvalue weighted by Crippen LogP contribution is -2.36. The fourth-order valence-corrected chi connectivity index (χ4v) is 5.34. The fourth-order valence-electron chi connectivity index (χ4n) is 5.34. The molecule has 0 spiro atoms. The average molecular weight is 508 g/mol. The molecule has 0 fully saturated rings. The number of rotatable bonds is 8. The van der Waals surface area contributed by atoms with E-state index in [9.17, 15) is 9.59 Å². The first-order valence-electron chi connectivity index (χ1n) is 12.2. The van der Waals surface area contributed by atoms with Gasteiger partial charge < -0.3 is 29.0 Å². The van der Waals surface area contributed by atoms with Gasteiger partial charge in [0.25, 0.3) is 0 Å². The number of dihydropyridines is 1.